The Bertz CT molecular complexity index is 1540. The van der Waals surface area contributed by atoms with Crippen LogP contribution < -0.4 is 15.1 Å². The lowest BCUT2D eigenvalue weighted by atomic mass is 9.98. The van der Waals surface area contributed by atoms with Crippen molar-refractivity contribution in [3.8, 4) is 5.75 Å². The number of anilines is 1. The highest BCUT2D eigenvalue weighted by Crippen LogP contribution is 2.42. The minimum Gasteiger partial charge on any atom is -0.494 e. The molecule has 1 atom stereocenters. The zero-order chi connectivity index (χ0) is 26.6. The van der Waals surface area contributed by atoms with Crippen LogP contribution in [0.3, 0.4) is 0 Å². The number of ether oxygens (including phenoxy) is 2. The number of para-hydroxylation sites is 1. The van der Waals surface area contributed by atoms with Gasteiger partial charge in [0, 0.05) is 5.69 Å². The van der Waals surface area contributed by atoms with Gasteiger partial charge in [0.05, 0.1) is 35.8 Å². The summed E-state index contributed by atoms with van der Waals surface area (Å²) < 4.78 is 17.2. The second kappa shape index (κ2) is 10.9. The summed E-state index contributed by atoms with van der Waals surface area (Å²) in [5.41, 5.74) is 2.02. The van der Waals surface area contributed by atoms with E-state index in [0.717, 1.165) is 24.8 Å². The number of amides is 1. The Morgan fingerprint density at radius 2 is 1.71 bits per heavy atom. The lowest BCUT2D eigenvalue weighted by Gasteiger charge is -2.25. The molecule has 5 rings (SSSR count). The topological polar surface area (TPSA) is 86.0 Å². The van der Waals surface area contributed by atoms with Gasteiger partial charge in [0.2, 0.25) is 5.76 Å². The molecular formula is C31H29NO6. The van der Waals surface area contributed by atoms with E-state index in [0.29, 0.717) is 41.2 Å². The van der Waals surface area contributed by atoms with Gasteiger partial charge in [-0.1, -0.05) is 44.5 Å². The molecule has 1 unspecified atom stereocenters. The number of esters is 1. The van der Waals surface area contributed by atoms with Gasteiger partial charge < -0.3 is 13.9 Å². The molecule has 4 aromatic rings. The van der Waals surface area contributed by atoms with Gasteiger partial charge in [0.1, 0.15) is 11.3 Å². The molecule has 0 saturated carbocycles. The summed E-state index contributed by atoms with van der Waals surface area (Å²) in [4.78, 5) is 41.5. The van der Waals surface area contributed by atoms with Crippen molar-refractivity contribution >= 4 is 28.5 Å². The molecule has 1 aliphatic rings. The zero-order valence-electron chi connectivity index (χ0n) is 21.4. The largest absolute Gasteiger partial charge is 0.494 e. The Morgan fingerprint density at radius 1 is 0.921 bits per heavy atom. The first-order valence-electron chi connectivity index (χ1n) is 12.9. The summed E-state index contributed by atoms with van der Waals surface area (Å²) in [7, 11) is 0. The first-order valence-corrected chi connectivity index (χ1v) is 12.9. The van der Waals surface area contributed by atoms with Crippen molar-refractivity contribution in [2.75, 3.05) is 18.1 Å². The van der Waals surface area contributed by atoms with E-state index in [4.69, 9.17) is 13.9 Å². The Kier molecular flexibility index (Phi) is 7.26. The van der Waals surface area contributed by atoms with Crippen molar-refractivity contribution in [1.29, 1.82) is 0 Å². The van der Waals surface area contributed by atoms with E-state index in [9.17, 15) is 14.4 Å². The summed E-state index contributed by atoms with van der Waals surface area (Å²) in [6.45, 7) is 4.96. The normalized spacial score (nSPS) is 14.5. The van der Waals surface area contributed by atoms with E-state index in [1.807, 2.05) is 38.1 Å². The van der Waals surface area contributed by atoms with Crippen molar-refractivity contribution in [1.82, 2.24) is 0 Å². The van der Waals surface area contributed by atoms with Gasteiger partial charge in [-0.15, -0.1) is 0 Å². The number of carbonyl (C=O) groups is 2. The Labute approximate surface area is 220 Å². The summed E-state index contributed by atoms with van der Waals surface area (Å²) >= 11 is 0. The van der Waals surface area contributed by atoms with Crippen LogP contribution >= 0.6 is 0 Å². The van der Waals surface area contributed by atoms with Crippen LogP contribution in [0.5, 0.6) is 5.75 Å². The Morgan fingerprint density at radius 3 is 2.47 bits per heavy atom. The molecule has 0 bridgehead atoms. The van der Waals surface area contributed by atoms with E-state index < -0.39 is 17.9 Å². The Balaban J connectivity index is 1.60. The predicted octanol–water partition coefficient (Wildman–Crippen LogP) is 6.29. The minimum absolute atomic E-state index is 0.0154. The van der Waals surface area contributed by atoms with Crippen LogP contribution in [-0.4, -0.2) is 25.1 Å². The summed E-state index contributed by atoms with van der Waals surface area (Å²) in [5.74, 6) is -0.172. The molecule has 1 aliphatic heterocycles. The smallest absolute Gasteiger partial charge is 0.338 e. The molecule has 0 saturated heterocycles. The molecule has 0 N–H and O–H groups in total. The van der Waals surface area contributed by atoms with Gasteiger partial charge in [-0.05, 0) is 66.9 Å². The van der Waals surface area contributed by atoms with Gasteiger partial charge >= 0.3 is 5.97 Å². The maximum atomic E-state index is 13.8. The molecule has 0 spiro atoms. The molecule has 7 heteroatoms. The fourth-order valence-corrected chi connectivity index (χ4v) is 4.65. The van der Waals surface area contributed by atoms with Gasteiger partial charge in [-0.25, -0.2) is 4.79 Å². The first kappa shape index (κ1) is 25.3. The predicted molar refractivity (Wildman–Crippen MR) is 145 cm³/mol. The molecular weight excluding hydrogens is 482 g/mol. The van der Waals surface area contributed by atoms with Gasteiger partial charge in [-0.2, -0.15) is 0 Å². The summed E-state index contributed by atoms with van der Waals surface area (Å²) in [5, 5.41) is 0.412. The quantitative estimate of drug-likeness (QED) is 0.194. The third-order valence-corrected chi connectivity index (χ3v) is 6.54. The number of rotatable bonds is 9. The van der Waals surface area contributed by atoms with E-state index in [-0.39, 0.29) is 16.8 Å². The monoisotopic (exact) mass is 511 g/mol. The molecule has 3 aromatic carbocycles. The van der Waals surface area contributed by atoms with Crippen LogP contribution in [0.1, 0.15) is 71.2 Å². The number of fused-ring (bicyclic) bond motifs is 2. The average Bonchev–Trinajstić information content (AvgIpc) is 3.24. The maximum absolute atomic E-state index is 13.8. The van der Waals surface area contributed by atoms with Crippen molar-refractivity contribution in [2.24, 2.45) is 0 Å². The average molecular weight is 512 g/mol. The third kappa shape index (κ3) is 4.67. The van der Waals surface area contributed by atoms with Gasteiger partial charge in [-0.3, -0.25) is 14.5 Å². The van der Waals surface area contributed by atoms with Crippen molar-refractivity contribution in [3.05, 3.63) is 105 Å². The second-order valence-corrected chi connectivity index (χ2v) is 9.21. The number of nitrogens with zero attached hydrogens (tertiary/aromatic N) is 1. The van der Waals surface area contributed by atoms with E-state index >= 15 is 0 Å². The number of carbonyl (C=O) groups excluding carboxylic acids is 2. The fourth-order valence-electron chi connectivity index (χ4n) is 4.65. The molecule has 38 heavy (non-hydrogen) atoms. The van der Waals surface area contributed by atoms with Crippen molar-refractivity contribution in [2.45, 2.75) is 39.2 Å². The molecule has 194 valence electrons. The van der Waals surface area contributed by atoms with Crippen LogP contribution in [0.15, 0.2) is 82.0 Å². The molecule has 0 aliphatic carbocycles. The number of hydrogen-bond donors (Lipinski definition) is 0. The van der Waals surface area contributed by atoms with Crippen molar-refractivity contribution in [3.63, 3.8) is 0 Å². The standard InChI is InChI=1S/C31H29NO6/c1-3-5-18-37-31(35)20-13-15-22(16-14-20)32-27(21-9-8-10-23(19-21)36-17-4-2)26-28(33)24-11-6-7-12-25(24)38-29(26)30(32)34/h6-16,19,27H,3-5,17-18H2,1-2H3. The van der Waals surface area contributed by atoms with E-state index in [2.05, 4.69) is 0 Å². The lowest BCUT2D eigenvalue weighted by molar-refractivity contribution is 0.0499. The highest BCUT2D eigenvalue weighted by atomic mass is 16.5. The zero-order valence-corrected chi connectivity index (χ0v) is 21.4. The van der Waals surface area contributed by atoms with Crippen LogP contribution in [0.2, 0.25) is 0 Å². The highest BCUT2D eigenvalue weighted by Gasteiger charge is 2.43. The highest BCUT2D eigenvalue weighted by molar-refractivity contribution is 6.10. The van der Waals surface area contributed by atoms with Crippen LogP contribution in [0.25, 0.3) is 11.0 Å². The SMILES string of the molecule is CCCCOC(=O)c1ccc(N2C(=O)c3oc4ccccc4c(=O)c3C2c2cccc(OCCC)c2)cc1. The maximum Gasteiger partial charge on any atom is 0.338 e. The number of hydrogen-bond acceptors (Lipinski definition) is 6. The fraction of sp³-hybridized carbons (Fsp3) is 0.258. The second-order valence-electron chi connectivity index (χ2n) is 9.21. The molecule has 1 amide bonds. The molecule has 7 nitrogen and oxygen atoms in total. The van der Waals surface area contributed by atoms with Crippen molar-refractivity contribution < 1.29 is 23.5 Å². The van der Waals surface area contributed by atoms with Gasteiger partial charge in [0.25, 0.3) is 5.91 Å². The Hall–Kier alpha value is -4.39. The summed E-state index contributed by atoms with van der Waals surface area (Å²) in [6, 6.07) is 20.2. The molecule has 0 radical (unpaired) electrons. The number of benzene rings is 3. The third-order valence-electron chi connectivity index (χ3n) is 6.54. The number of unbranched alkanes of at least 4 members (excludes halogenated alkanes) is 1. The lowest BCUT2D eigenvalue weighted by Crippen LogP contribution is -2.29. The summed E-state index contributed by atoms with van der Waals surface area (Å²) in [6.07, 6.45) is 2.57. The van der Waals surface area contributed by atoms with E-state index in [1.165, 1.54) is 0 Å². The van der Waals surface area contributed by atoms with Gasteiger partial charge in [0.15, 0.2) is 5.43 Å². The molecule has 0 fully saturated rings. The minimum atomic E-state index is -0.731. The van der Waals surface area contributed by atoms with Crippen LogP contribution in [0, 0.1) is 0 Å². The molecule has 2 heterocycles. The van der Waals surface area contributed by atoms with Crippen LogP contribution in [-0.2, 0) is 4.74 Å². The van der Waals surface area contributed by atoms with Crippen LogP contribution in [0.4, 0.5) is 5.69 Å². The van der Waals surface area contributed by atoms with E-state index in [1.54, 1.807) is 53.4 Å². The molecule has 1 aromatic heterocycles. The first-order chi connectivity index (χ1) is 18.5.